The predicted molar refractivity (Wildman–Crippen MR) is 23.2 cm³/mol. The van der Waals surface area contributed by atoms with Crippen LogP contribution < -0.4 is 0 Å². The summed E-state index contributed by atoms with van der Waals surface area (Å²) in [4.78, 5) is 0. The van der Waals surface area contributed by atoms with Gasteiger partial charge in [-0.25, -0.2) is 0 Å². The van der Waals surface area contributed by atoms with E-state index in [4.69, 9.17) is 14.8 Å². The van der Waals surface area contributed by atoms with Crippen LogP contribution in [0, 0.1) is 0 Å². The predicted octanol–water partition coefficient (Wildman–Crippen LogP) is -3.53. The molecule has 0 radical (unpaired) electrons. The molecule has 0 fully saturated rings. The molecular formula is H6KLiO4Ti. The number of rotatable bonds is 0. The maximum absolute atomic E-state index is 7.38. The Balaban J connectivity index is -0.0000000800. The summed E-state index contributed by atoms with van der Waals surface area (Å²) in [7, 11) is 0. The van der Waals surface area contributed by atoms with E-state index >= 15 is 0 Å². The fourth-order valence-electron chi connectivity index (χ4n) is 0. The summed E-state index contributed by atoms with van der Waals surface area (Å²) < 4.78 is 29.5. The van der Waals surface area contributed by atoms with Gasteiger partial charge in [0.1, 0.15) is 0 Å². The molecule has 0 spiro atoms. The van der Waals surface area contributed by atoms with Gasteiger partial charge in [0.2, 0.25) is 0 Å². The van der Waals surface area contributed by atoms with Crippen molar-refractivity contribution in [2.75, 3.05) is 0 Å². The first-order valence-electron chi connectivity index (χ1n) is 0.894. The molecule has 0 aliphatic rings. The van der Waals surface area contributed by atoms with Crippen molar-refractivity contribution in [3.05, 3.63) is 0 Å². The SMILES string of the molecule is [KH].[LiH].[OH][Ti]([OH])([OH])[OH]. The number of hydrogen-bond donors (Lipinski definition) is 4. The minimum absolute atomic E-state index is 0. The average molecular weight is 164 g/mol. The molecule has 36 valence electrons. The second-order valence-corrected chi connectivity index (χ2v) is 2.47. The third-order valence-corrected chi connectivity index (χ3v) is 0. The molecule has 0 saturated heterocycles. The van der Waals surface area contributed by atoms with E-state index in [0.717, 1.165) is 0 Å². The molecule has 7 heteroatoms. The van der Waals surface area contributed by atoms with E-state index in [1.165, 1.54) is 0 Å². The van der Waals surface area contributed by atoms with Gasteiger partial charge in [-0.2, -0.15) is 0 Å². The Morgan fingerprint density at radius 3 is 0.857 bits per heavy atom. The maximum atomic E-state index is 7.38. The molecule has 0 unspecified atom stereocenters. The van der Waals surface area contributed by atoms with Crippen LogP contribution in [0.1, 0.15) is 0 Å². The molecule has 0 heterocycles. The van der Waals surface area contributed by atoms with Crippen molar-refractivity contribution in [2.24, 2.45) is 0 Å². The van der Waals surface area contributed by atoms with Crippen molar-refractivity contribution in [1.82, 2.24) is 0 Å². The van der Waals surface area contributed by atoms with Crippen molar-refractivity contribution < 1.29 is 32.9 Å². The normalized spacial score (nSPS) is 8.57. The van der Waals surface area contributed by atoms with Crippen LogP contribution in [0.15, 0.2) is 0 Å². The zero-order valence-corrected chi connectivity index (χ0v) is 3.85. The average Bonchev–Trinajstić information content (AvgIpc) is 0.722. The van der Waals surface area contributed by atoms with Crippen LogP contribution in [0.4, 0.5) is 0 Å². The van der Waals surface area contributed by atoms with Gasteiger partial charge in [0.15, 0.2) is 0 Å². The summed E-state index contributed by atoms with van der Waals surface area (Å²) in [5.74, 6) is 0. The van der Waals surface area contributed by atoms with Gasteiger partial charge < -0.3 is 0 Å². The Labute approximate surface area is 101 Å². The van der Waals surface area contributed by atoms with Crippen LogP contribution in [-0.4, -0.2) is 85.0 Å². The van der Waals surface area contributed by atoms with E-state index in [1.807, 2.05) is 0 Å². The monoisotopic (exact) mass is 164 g/mol. The molecule has 0 aromatic heterocycles. The van der Waals surface area contributed by atoms with Gasteiger partial charge in [-0.15, -0.1) is 0 Å². The molecule has 0 rings (SSSR count). The zero-order valence-electron chi connectivity index (χ0n) is 2.29. The van der Waals surface area contributed by atoms with Gasteiger partial charge in [-0.05, 0) is 0 Å². The summed E-state index contributed by atoms with van der Waals surface area (Å²) in [6.07, 6.45) is 0. The van der Waals surface area contributed by atoms with Crippen LogP contribution in [-0.2, 0) is 18.1 Å². The summed E-state index contributed by atoms with van der Waals surface area (Å²) in [5.41, 5.74) is 0. The summed E-state index contributed by atoms with van der Waals surface area (Å²) in [6.45, 7) is 0. The van der Waals surface area contributed by atoms with Crippen LogP contribution in [0.2, 0.25) is 0 Å². The molecular weight excluding hydrogens is 158 g/mol. The van der Waals surface area contributed by atoms with Gasteiger partial charge in [0, 0.05) is 0 Å². The van der Waals surface area contributed by atoms with Gasteiger partial charge in [-0.3, -0.25) is 0 Å². The van der Waals surface area contributed by atoms with E-state index in [2.05, 4.69) is 0 Å². The van der Waals surface area contributed by atoms with E-state index in [9.17, 15) is 0 Å². The Hall–Kier alpha value is 2.79. The third-order valence-electron chi connectivity index (χ3n) is 0. The molecule has 0 amide bonds. The molecule has 4 N–H and O–H groups in total. The van der Waals surface area contributed by atoms with Crippen LogP contribution in [0.5, 0.6) is 0 Å². The van der Waals surface area contributed by atoms with Gasteiger partial charge in [0.25, 0.3) is 0 Å². The topological polar surface area (TPSA) is 80.9 Å². The molecule has 4 nitrogen and oxygen atoms in total. The first-order valence-corrected chi connectivity index (χ1v) is 3.69. The fourth-order valence-corrected chi connectivity index (χ4v) is 0. The Kier molecular flexibility index (Phi) is 16.2. The number of hydrogen-bond acceptors (Lipinski definition) is 4. The van der Waals surface area contributed by atoms with E-state index in [0.29, 0.717) is 0 Å². The van der Waals surface area contributed by atoms with Crippen LogP contribution >= 0.6 is 0 Å². The molecule has 0 atom stereocenters. The van der Waals surface area contributed by atoms with Crippen LogP contribution in [0.25, 0.3) is 0 Å². The second kappa shape index (κ2) is 6.90. The Bertz CT molecular complexity index is 27.2. The summed E-state index contributed by atoms with van der Waals surface area (Å²) in [5, 5.41) is 0. The van der Waals surface area contributed by atoms with E-state index in [-0.39, 0.29) is 70.2 Å². The summed E-state index contributed by atoms with van der Waals surface area (Å²) >= 11 is -5.00. The zero-order chi connectivity index (χ0) is 4.50. The standard InChI is InChI=1S/K.Li.4H2O.Ti.2H/h;;4*1H2;;;/q;;;;;;+4;;/p-4. The van der Waals surface area contributed by atoms with Crippen LogP contribution in [0.3, 0.4) is 0 Å². The molecule has 0 aliphatic carbocycles. The second-order valence-electron chi connectivity index (χ2n) is 0.600. The summed E-state index contributed by atoms with van der Waals surface area (Å²) in [6, 6.07) is 0. The van der Waals surface area contributed by atoms with Crippen molar-refractivity contribution in [1.29, 1.82) is 0 Å². The third kappa shape index (κ3) is 52.1. The first-order chi connectivity index (χ1) is 2.00. The minimum atomic E-state index is -5.00. The van der Waals surface area contributed by atoms with Gasteiger partial charge in [0.05, 0.1) is 0 Å². The first kappa shape index (κ1) is 16.4. The fraction of sp³-hybridized carbons (Fsp3) is 0. The van der Waals surface area contributed by atoms with E-state index in [1.54, 1.807) is 0 Å². The molecule has 0 bridgehead atoms. The molecule has 7 heavy (non-hydrogen) atoms. The molecule has 0 saturated carbocycles. The van der Waals surface area contributed by atoms with Crippen molar-refractivity contribution >= 4 is 70.2 Å². The molecule has 0 aromatic rings. The Morgan fingerprint density at radius 2 is 0.857 bits per heavy atom. The Morgan fingerprint density at radius 1 is 0.857 bits per heavy atom. The molecule has 0 aromatic carbocycles. The van der Waals surface area contributed by atoms with Gasteiger partial charge >= 0.3 is 103 Å². The van der Waals surface area contributed by atoms with E-state index < -0.39 is 18.1 Å². The van der Waals surface area contributed by atoms with Crippen molar-refractivity contribution in [2.45, 2.75) is 0 Å². The van der Waals surface area contributed by atoms with Crippen molar-refractivity contribution in [3.8, 4) is 0 Å². The quantitative estimate of drug-likeness (QED) is 0.280. The molecule has 0 aliphatic heterocycles. The van der Waals surface area contributed by atoms with Crippen molar-refractivity contribution in [3.63, 3.8) is 0 Å². The van der Waals surface area contributed by atoms with Gasteiger partial charge in [-0.1, -0.05) is 0 Å².